The average molecular weight is 279 g/mol. The highest BCUT2D eigenvalue weighted by Crippen LogP contribution is 2.25. The van der Waals surface area contributed by atoms with Crippen LogP contribution >= 0.6 is 11.8 Å². The van der Waals surface area contributed by atoms with Gasteiger partial charge >= 0.3 is 0 Å². The summed E-state index contributed by atoms with van der Waals surface area (Å²) in [6.45, 7) is 0.247. The van der Waals surface area contributed by atoms with E-state index in [1.165, 1.54) is 11.8 Å². The molecular formula is C11H13N5O2S. The van der Waals surface area contributed by atoms with Crippen LogP contribution in [0.2, 0.25) is 0 Å². The van der Waals surface area contributed by atoms with Gasteiger partial charge in [-0.25, -0.2) is 15.0 Å². The van der Waals surface area contributed by atoms with Gasteiger partial charge < -0.3 is 15.6 Å². The zero-order valence-corrected chi connectivity index (χ0v) is 11.0. The molecule has 3 rings (SSSR count). The molecule has 7 nitrogen and oxygen atoms in total. The van der Waals surface area contributed by atoms with Crippen LogP contribution in [0.25, 0.3) is 11.2 Å². The fourth-order valence-corrected chi connectivity index (χ4v) is 2.27. The van der Waals surface area contributed by atoms with Gasteiger partial charge in [0, 0.05) is 0 Å². The maximum absolute atomic E-state index is 9.38. The predicted octanol–water partition coefficient (Wildman–Crippen LogP) is 0.576. The number of rotatable bonds is 2. The molecule has 3 heterocycles. The molecule has 0 aliphatic carbocycles. The molecule has 2 atom stereocenters. The molecule has 0 aromatic carbocycles. The van der Waals surface area contributed by atoms with Crippen LogP contribution in [0.3, 0.4) is 0 Å². The van der Waals surface area contributed by atoms with E-state index in [1.54, 1.807) is 23.0 Å². The lowest BCUT2D eigenvalue weighted by Gasteiger charge is -2.21. The van der Waals surface area contributed by atoms with Gasteiger partial charge in [-0.1, -0.05) is 17.8 Å². The van der Waals surface area contributed by atoms with Crippen LogP contribution in [0.4, 0.5) is 5.82 Å². The van der Waals surface area contributed by atoms with Crippen molar-refractivity contribution in [1.82, 2.24) is 19.5 Å². The van der Waals surface area contributed by atoms with Crippen molar-refractivity contribution in [1.29, 1.82) is 0 Å². The Bertz CT molecular complexity index is 641. The fraction of sp³-hybridized carbons (Fsp3) is 0.364. The average Bonchev–Trinajstić information content (AvgIpc) is 2.84. The third kappa shape index (κ3) is 2.18. The van der Waals surface area contributed by atoms with Crippen molar-refractivity contribution in [3.8, 4) is 0 Å². The summed E-state index contributed by atoms with van der Waals surface area (Å²) in [4.78, 5) is 12.8. The fourth-order valence-electron chi connectivity index (χ4n) is 1.90. The summed E-state index contributed by atoms with van der Waals surface area (Å²) in [6.07, 6.45) is 6.07. The molecule has 0 saturated heterocycles. The number of nitrogens with two attached hydrogens (primary N) is 1. The Labute approximate surface area is 113 Å². The molecule has 2 aromatic heterocycles. The number of aliphatic hydroxyl groups excluding tert-OH is 1. The van der Waals surface area contributed by atoms with E-state index in [4.69, 9.17) is 10.5 Å². The van der Waals surface area contributed by atoms with Crippen molar-refractivity contribution in [2.75, 3.05) is 18.6 Å². The van der Waals surface area contributed by atoms with Crippen molar-refractivity contribution in [3.63, 3.8) is 0 Å². The van der Waals surface area contributed by atoms with Crippen molar-refractivity contribution in [3.05, 3.63) is 18.5 Å². The molecule has 8 heteroatoms. The van der Waals surface area contributed by atoms with Gasteiger partial charge in [0.1, 0.15) is 5.52 Å². The molecule has 0 amide bonds. The standard InChI is InChI=1S/C11H13N5O2S/c1-19-11-14-9(12)8-10(15-11)16(5-13-8)7-3-2-6(17)4-18-7/h2-3,5-7,17H,4H2,1H3,(H2,12,14,15)/t6-,7-/m1/s1. The largest absolute Gasteiger partial charge is 0.387 e. The molecule has 1 aliphatic rings. The van der Waals surface area contributed by atoms with E-state index in [0.717, 1.165) is 0 Å². The first-order valence-corrected chi connectivity index (χ1v) is 6.93. The Balaban J connectivity index is 2.09. The first-order chi connectivity index (χ1) is 9.19. The molecule has 1 aliphatic heterocycles. The van der Waals surface area contributed by atoms with Gasteiger partial charge in [0.15, 0.2) is 22.8 Å². The summed E-state index contributed by atoms with van der Waals surface area (Å²) >= 11 is 1.41. The second-order valence-electron chi connectivity index (χ2n) is 4.10. The number of ether oxygens (including phenoxy) is 1. The van der Waals surface area contributed by atoms with E-state index in [-0.39, 0.29) is 12.8 Å². The molecule has 100 valence electrons. The first-order valence-electron chi connectivity index (χ1n) is 5.71. The van der Waals surface area contributed by atoms with Crippen molar-refractivity contribution >= 4 is 28.7 Å². The summed E-state index contributed by atoms with van der Waals surface area (Å²) in [5.41, 5.74) is 7.04. The number of hydrogen-bond acceptors (Lipinski definition) is 7. The highest BCUT2D eigenvalue weighted by atomic mass is 32.2. The lowest BCUT2D eigenvalue weighted by Crippen LogP contribution is -2.23. The summed E-state index contributed by atoms with van der Waals surface area (Å²) in [5, 5.41) is 9.97. The molecule has 0 fully saturated rings. The summed E-state index contributed by atoms with van der Waals surface area (Å²) in [5.74, 6) is 0.355. The Hall–Kier alpha value is -1.64. The number of anilines is 1. The van der Waals surface area contributed by atoms with Gasteiger partial charge in [0.2, 0.25) is 0 Å². The molecular weight excluding hydrogens is 266 g/mol. The van der Waals surface area contributed by atoms with Crippen LogP contribution in [0.15, 0.2) is 23.6 Å². The highest BCUT2D eigenvalue weighted by Gasteiger charge is 2.20. The van der Waals surface area contributed by atoms with Gasteiger partial charge in [-0.05, 0) is 12.3 Å². The number of aliphatic hydroxyl groups is 1. The van der Waals surface area contributed by atoms with E-state index in [9.17, 15) is 5.11 Å². The number of thioether (sulfide) groups is 1. The SMILES string of the molecule is CSc1nc(N)c2ncn([C@H]3C=C[C@@H](O)CO3)c2n1. The first kappa shape index (κ1) is 12.4. The molecule has 2 aromatic rings. The number of imidazole rings is 1. The zero-order chi connectivity index (χ0) is 13.4. The normalized spacial score (nSPS) is 23.1. The Morgan fingerprint density at radius 2 is 2.32 bits per heavy atom. The topological polar surface area (TPSA) is 99.1 Å². The van der Waals surface area contributed by atoms with Gasteiger partial charge in [-0.15, -0.1) is 0 Å². The van der Waals surface area contributed by atoms with E-state index in [0.29, 0.717) is 22.1 Å². The van der Waals surface area contributed by atoms with Crippen LogP contribution in [0.1, 0.15) is 6.23 Å². The maximum atomic E-state index is 9.38. The second kappa shape index (κ2) is 4.80. The van der Waals surface area contributed by atoms with Crippen molar-refractivity contribution in [2.45, 2.75) is 17.5 Å². The van der Waals surface area contributed by atoms with Crippen LogP contribution in [-0.2, 0) is 4.74 Å². The molecule has 0 radical (unpaired) electrons. The van der Waals surface area contributed by atoms with Gasteiger partial charge in [-0.2, -0.15) is 0 Å². The third-order valence-electron chi connectivity index (χ3n) is 2.82. The minimum atomic E-state index is -0.563. The summed E-state index contributed by atoms with van der Waals surface area (Å²) in [6, 6.07) is 0. The van der Waals surface area contributed by atoms with E-state index < -0.39 is 6.10 Å². The quantitative estimate of drug-likeness (QED) is 0.471. The van der Waals surface area contributed by atoms with Crippen LogP contribution < -0.4 is 5.73 Å². The van der Waals surface area contributed by atoms with Crippen LogP contribution in [-0.4, -0.2) is 43.6 Å². The molecule has 0 saturated carbocycles. The van der Waals surface area contributed by atoms with E-state index >= 15 is 0 Å². The summed E-state index contributed by atoms with van der Waals surface area (Å²) in [7, 11) is 0. The minimum absolute atomic E-state index is 0.247. The molecule has 0 bridgehead atoms. The third-order valence-corrected chi connectivity index (χ3v) is 3.37. The number of nitrogens with zero attached hydrogens (tertiary/aromatic N) is 4. The van der Waals surface area contributed by atoms with Crippen molar-refractivity contribution in [2.24, 2.45) is 0 Å². The lowest BCUT2D eigenvalue weighted by molar-refractivity contribution is -0.0165. The number of aromatic nitrogens is 4. The number of fused-ring (bicyclic) bond motifs is 1. The summed E-state index contributed by atoms with van der Waals surface area (Å²) < 4.78 is 7.31. The van der Waals surface area contributed by atoms with E-state index in [2.05, 4.69) is 15.0 Å². The van der Waals surface area contributed by atoms with Crippen LogP contribution in [0, 0.1) is 0 Å². The van der Waals surface area contributed by atoms with Crippen LogP contribution in [0.5, 0.6) is 0 Å². The highest BCUT2D eigenvalue weighted by molar-refractivity contribution is 7.98. The molecule has 3 N–H and O–H groups in total. The molecule has 0 spiro atoms. The van der Waals surface area contributed by atoms with Gasteiger partial charge in [0.25, 0.3) is 0 Å². The smallest absolute Gasteiger partial charge is 0.191 e. The monoisotopic (exact) mass is 279 g/mol. The predicted molar refractivity (Wildman–Crippen MR) is 71.7 cm³/mol. The maximum Gasteiger partial charge on any atom is 0.191 e. The Morgan fingerprint density at radius 1 is 1.47 bits per heavy atom. The molecule has 19 heavy (non-hydrogen) atoms. The number of hydrogen-bond donors (Lipinski definition) is 2. The molecule has 0 unspecified atom stereocenters. The van der Waals surface area contributed by atoms with E-state index in [1.807, 2.05) is 6.26 Å². The van der Waals surface area contributed by atoms with Gasteiger partial charge in [0.05, 0.1) is 19.0 Å². The van der Waals surface area contributed by atoms with Gasteiger partial charge in [-0.3, -0.25) is 4.57 Å². The Morgan fingerprint density at radius 3 is 3.00 bits per heavy atom. The second-order valence-corrected chi connectivity index (χ2v) is 4.87. The minimum Gasteiger partial charge on any atom is -0.387 e. The van der Waals surface area contributed by atoms with Crippen molar-refractivity contribution < 1.29 is 9.84 Å². The number of nitrogen functional groups attached to an aromatic ring is 1. The zero-order valence-electron chi connectivity index (χ0n) is 10.2. The lowest BCUT2D eigenvalue weighted by atomic mass is 10.3. The Kier molecular flexibility index (Phi) is 3.13.